The molecule has 27 heavy (non-hydrogen) atoms. The van der Waals surface area contributed by atoms with Gasteiger partial charge in [-0.05, 0) is 23.8 Å². The van der Waals surface area contributed by atoms with Gasteiger partial charge in [-0.2, -0.15) is 0 Å². The Kier molecular flexibility index (Phi) is 4.78. The van der Waals surface area contributed by atoms with Crippen LogP contribution in [0.2, 0.25) is 5.02 Å². The maximum absolute atomic E-state index is 12.9. The first kappa shape index (κ1) is 17.5. The van der Waals surface area contributed by atoms with Crippen molar-refractivity contribution < 1.29 is 4.79 Å². The molecule has 1 unspecified atom stereocenters. The van der Waals surface area contributed by atoms with Gasteiger partial charge < -0.3 is 4.90 Å². The SMILES string of the molecule is CN1C(=O)CC(c2ccccc2)N=C(c2ccccc2)c2cc(Cl)ccc21. The van der Waals surface area contributed by atoms with Gasteiger partial charge in [-0.1, -0.05) is 72.3 Å². The topological polar surface area (TPSA) is 32.7 Å². The number of amides is 1. The number of carbonyl (C=O) groups is 1. The van der Waals surface area contributed by atoms with Crippen molar-refractivity contribution in [2.75, 3.05) is 11.9 Å². The lowest BCUT2D eigenvalue weighted by atomic mass is 9.95. The van der Waals surface area contributed by atoms with Crippen molar-refractivity contribution in [2.24, 2.45) is 4.99 Å². The average molecular weight is 375 g/mol. The maximum Gasteiger partial charge on any atom is 0.229 e. The lowest BCUT2D eigenvalue weighted by Gasteiger charge is -2.27. The number of nitrogens with zero attached hydrogens (tertiary/aromatic N) is 2. The maximum atomic E-state index is 12.9. The fraction of sp³-hybridized carbons (Fsp3) is 0.130. The largest absolute Gasteiger partial charge is 0.315 e. The predicted octanol–water partition coefficient (Wildman–Crippen LogP) is 5.29. The van der Waals surface area contributed by atoms with Gasteiger partial charge in [0, 0.05) is 23.2 Å². The van der Waals surface area contributed by atoms with E-state index < -0.39 is 0 Å². The molecule has 1 amide bonds. The van der Waals surface area contributed by atoms with E-state index >= 15 is 0 Å². The molecule has 3 aromatic carbocycles. The van der Waals surface area contributed by atoms with Crippen molar-refractivity contribution in [1.82, 2.24) is 0 Å². The van der Waals surface area contributed by atoms with E-state index in [1.54, 1.807) is 4.90 Å². The highest BCUT2D eigenvalue weighted by Crippen LogP contribution is 2.33. The molecule has 0 bridgehead atoms. The second-order valence-corrected chi connectivity index (χ2v) is 7.02. The van der Waals surface area contributed by atoms with Crippen LogP contribution in [-0.4, -0.2) is 18.7 Å². The molecule has 1 aliphatic rings. The summed E-state index contributed by atoms with van der Waals surface area (Å²) in [5, 5.41) is 0.620. The van der Waals surface area contributed by atoms with Crippen LogP contribution in [0.15, 0.2) is 83.9 Å². The molecule has 4 heteroatoms. The third kappa shape index (κ3) is 3.51. The van der Waals surface area contributed by atoms with Crippen LogP contribution in [0.25, 0.3) is 0 Å². The minimum absolute atomic E-state index is 0.0308. The summed E-state index contributed by atoms with van der Waals surface area (Å²) in [6.45, 7) is 0. The third-order valence-corrected chi connectivity index (χ3v) is 5.07. The first-order valence-corrected chi connectivity index (χ1v) is 9.26. The molecule has 1 atom stereocenters. The number of hydrogen-bond donors (Lipinski definition) is 0. The quantitative estimate of drug-likeness (QED) is 0.600. The van der Waals surface area contributed by atoms with Gasteiger partial charge in [0.1, 0.15) is 0 Å². The van der Waals surface area contributed by atoms with Gasteiger partial charge in [0.05, 0.1) is 23.9 Å². The van der Waals surface area contributed by atoms with E-state index in [-0.39, 0.29) is 11.9 Å². The van der Waals surface area contributed by atoms with E-state index in [1.165, 1.54) is 0 Å². The van der Waals surface area contributed by atoms with E-state index in [2.05, 4.69) is 0 Å². The molecule has 0 aromatic heterocycles. The molecule has 134 valence electrons. The Morgan fingerprint density at radius 1 is 0.963 bits per heavy atom. The summed E-state index contributed by atoms with van der Waals surface area (Å²) in [5.74, 6) is 0.0308. The standard InChI is InChI=1S/C23H19ClN2O/c1-26-21-13-12-18(24)14-19(21)23(17-10-6-3-7-11-17)25-20(15-22(26)27)16-8-4-2-5-9-16/h2-14,20H,15H2,1H3. The molecule has 0 N–H and O–H groups in total. The van der Waals surface area contributed by atoms with Gasteiger partial charge in [0.25, 0.3) is 0 Å². The summed E-state index contributed by atoms with van der Waals surface area (Å²) >= 11 is 6.30. The Labute approximate surface area is 163 Å². The lowest BCUT2D eigenvalue weighted by molar-refractivity contribution is -0.118. The van der Waals surface area contributed by atoms with Gasteiger partial charge >= 0.3 is 0 Å². The minimum Gasteiger partial charge on any atom is -0.315 e. The number of rotatable bonds is 2. The summed E-state index contributed by atoms with van der Waals surface area (Å²) in [5.41, 5.74) is 4.56. The van der Waals surface area contributed by atoms with Crippen molar-refractivity contribution in [3.05, 3.63) is 101 Å². The van der Waals surface area contributed by atoms with Crippen LogP contribution >= 0.6 is 11.6 Å². The Balaban J connectivity index is 1.97. The molecule has 0 saturated heterocycles. The second-order valence-electron chi connectivity index (χ2n) is 6.59. The summed E-state index contributed by atoms with van der Waals surface area (Å²) in [6.07, 6.45) is 0.318. The van der Waals surface area contributed by atoms with Gasteiger partial charge in [0.2, 0.25) is 5.91 Å². The molecule has 0 saturated carbocycles. The highest BCUT2D eigenvalue weighted by atomic mass is 35.5. The second kappa shape index (κ2) is 7.37. The molecular weight excluding hydrogens is 356 g/mol. The Morgan fingerprint density at radius 2 is 1.63 bits per heavy atom. The molecule has 3 nitrogen and oxygen atoms in total. The molecule has 0 aliphatic carbocycles. The number of anilines is 1. The van der Waals surface area contributed by atoms with Gasteiger partial charge in [-0.25, -0.2) is 0 Å². The van der Waals surface area contributed by atoms with E-state index in [9.17, 15) is 4.79 Å². The van der Waals surface area contributed by atoms with Gasteiger partial charge in [0.15, 0.2) is 0 Å². The summed E-state index contributed by atoms with van der Waals surface area (Å²) in [7, 11) is 1.81. The van der Waals surface area contributed by atoms with E-state index in [4.69, 9.17) is 16.6 Å². The van der Waals surface area contributed by atoms with Crippen molar-refractivity contribution >= 4 is 28.9 Å². The van der Waals surface area contributed by atoms with Crippen LogP contribution in [0.5, 0.6) is 0 Å². The summed E-state index contributed by atoms with van der Waals surface area (Å²) < 4.78 is 0. The van der Waals surface area contributed by atoms with Crippen LogP contribution in [0.4, 0.5) is 5.69 Å². The molecular formula is C23H19ClN2O. The Morgan fingerprint density at radius 3 is 2.33 bits per heavy atom. The Bertz CT molecular complexity index is 999. The number of aliphatic imine (C=N–C) groups is 1. The van der Waals surface area contributed by atoms with E-state index in [0.717, 1.165) is 28.1 Å². The molecule has 0 spiro atoms. The smallest absolute Gasteiger partial charge is 0.229 e. The number of benzene rings is 3. The molecule has 1 aliphatic heterocycles. The normalized spacial score (nSPS) is 17.0. The lowest BCUT2D eigenvalue weighted by Crippen LogP contribution is -2.31. The molecule has 3 aromatic rings. The van der Waals surface area contributed by atoms with Crippen LogP contribution in [0, 0.1) is 0 Å². The van der Waals surface area contributed by atoms with E-state index in [0.29, 0.717) is 11.4 Å². The predicted molar refractivity (Wildman–Crippen MR) is 111 cm³/mol. The van der Waals surface area contributed by atoms with Crippen molar-refractivity contribution in [1.29, 1.82) is 0 Å². The van der Waals surface area contributed by atoms with Crippen molar-refractivity contribution in [3.8, 4) is 0 Å². The zero-order chi connectivity index (χ0) is 18.8. The Hall–Kier alpha value is -2.91. The van der Waals surface area contributed by atoms with Crippen molar-refractivity contribution in [2.45, 2.75) is 12.5 Å². The summed E-state index contributed by atoms with van der Waals surface area (Å²) in [6, 6.07) is 25.3. The third-order valence-electron chi connectivity index (χ3n) is 4.83. The molecule has 0 fully saturated rings. The molecule has 1 heterocycles. The van der Waals surface area contributed by atoms with Crippen molar-refractivity contribution in [3.63, 3.8) is 0 Å². The van der Waals surface area contributed by atoms with E-state index in [1.807, 2.05) is 85.9 Å². The van der Waals surface area contributed by atoms with Crippen LogP contribution in [0.3, 0.4) is 0 Å². The van der Waals surface area contributed by atoms with Crippen LogP contribution in [-0.2, 0) is 4.79 Å². The summed E-state index contributed by atoms with van der Waals surface area (Å²) in [4.78, 5) is 19.6. The highest BCUT2D eigenvalue weighted by molar-refractivity contribution is 6.31. The minimum atomic E-state index is -0.247. The number of carbonyl (C=O) groups excluding carboxylic acids is 1. The average Bonchev–Trinajstić information content (AvgIpc) is 2.71. The first-order valence-electron chi connectivity index (χ1n) is 8.88. The van der Waals surface area contributed by atoms with Gasteiger partial charge in [-0.15, -0.1) is 0 Å². The van der Waals surface area contributed by atoms with Crippen LogP contribution < -0.4 is 4.90 Å². The number of halogens is 1. The molecule has 4 rings (SSSR count). The number of hydrogen-bond acceptors (Lipinski definition) is 2. The highest BCUT2D eigenvalue weighted by Gasteiger charge is 2.26. The zero-order valence-electron chi connectivity index (χ0n) is 15.0. The van der Waals surface area contributed by atoms with Gasteiger partial charge in [-0.3, -0.25) is 9.79 Å². The zero-order valence-corrected chi connectivity index (χ0v) is 15.7. The first-order chi connectivity index (χ1) is 13.1. The number of fused-ring (bicyclic) bond motifs is 1. The molecule has 0 radical (unpaired) electrons. The fourth-order valence-corrected chi connectivity index (χ4v) is 3.56. The van der Waals surface area contributed by atoms with Crippen LogP contribution in [0.1, 0.15) is 29.2 Å². The monoisotopic (exact) mass is 374 g/mol. The fourth-order valence-electron chi connectivity index (χ4n) is 3.39.